The van der Waals surface area contributed by atoms with Gasteiger partial charge in [-0.1, -0.05) is 35.9 Å². The Bertz CT molecular complexity index is 1090. The first kappa shape index (κ1) is 21.4. The summed E-state index contributed by atoms with van der Waals surface area (Å²) in [6.07, 6.45) is 5.21. The SMILES string of the molecule is C#CCOc1ccc([C@H](C[N+](=O)[O-])Sc2nnc(C)n2-c2ccc(C)c(C)c2)cc1. The summed E-state index contributed by atoms with van der Waals surface area (Å²) in [4.78, 5) is 11.0. The molecule has 0 aliphatic carbocycles. The highest BCUT2D eigenvalue weighted by atomic mass is 32.2. The van der Waals surface area contributed by atoms with Crippen LogP contribution in [0.2, 0.25) is 0 Å². The Balaban J connectivity index is 1.92. The topological polar surface area (TPSA) is 83.1 Å². The normalized spacial score (nSPS) is 11.7. The Morgan fingerprint density at radius 1 is 1.17 bits per heavy atom. The molecule has 1 aromatic heterocycles. The predicted octanol–water partition coefficient (Wildman–Crippen LogP) is 4.31. The fraction of sp³-hybridized carbons (Fsp3) is 0.273. The zero-order valence-electron chi connectivity index (χ0n) is 17.0. The van der Waals surface area contributed by atoms with Crippen LogP contribution in [0.3, 0.4) is 0 Å². The molecule has 0 aliphatic heterocycles. The minimum Gasteiger partial charge on any atom is -0.481 e. The highest BCUT2D eigenvalue weighted by Gasteiger charge is 2.24. The molecule has 0 bridgehead atoms. The Hall–Kier alpha value is -3.31. The van der Waals surface area contributed by atoms with Crippen LogP contribution < -0.4 is 4.74 Å². The van der Waals surface area contributed by atoms with Crippen LogP contribution in [0.15, 0.2) is 47.6 Å². The van der Waals surface area contributed by atoms with Gasteiger partial charge < -0.3 is 4.74 Å². The molecule has 0 fully saturated rings. The van der Waals surface area contributed by atoms with Crippen molar-refractivity contribution in [2.75, 3.05) is 13.2 Å². The number of ether oxygens (including phenoxy) is 1. The predicted molar refractivity (Wildman–Crippen MR) is 117 cm³/mol. The minimum absolute atomic E-state index is 0.171. The average Bonchev–Trinajstić information content (AvgIpc) is 3.08. The molecule has 1 atom stereocenters. The molecule has 0 N–H and O–H groups in total. The number of benzene rings is 2. The Morgan fingerprint density at radius 3 is 2.53 bits per heavy atom. The second kappa shape index (κ2) is 9.46. The number of nitro groups is 1. The first-order chi connectivity index (χ1) is 14.4. The summed E-state index contributed by atoms with van der Waals surface area (Å²) in [6, 6.07) is 13.3. The monoisotopic (exact) mass is 422 g/mol. The fourth-order valence-corrected chi connectivity index (χ4v) is 4.13. The van der Waals surface area contributed by atoms with E-state index < -0.39 is 5.25 Å². The van der Waals surface area contributed by atoms with Gasteiger partial charge in [0.05, 0.1) is 0 Å². The van der Waals surface area contributed by atoms with Crippen molar-refractivity contribution in [3.8, 4) is 23.8 Å². The number of hydrogen-bond acceptors (Lipinski definition) is 6. The van der Waals surface area contributed by atoms with Crippen molar-refractivity contribution in [1.82, 2.24) is 14.8 Å². The maximum atomic E-state index is 11.3. The zero-order valence-corrected chi connectivity index (χ0v) is 17.8. The molecule has 7 nitrogen and oxygen atoms in total. The molecule has 0 unspecified atom stereocenters. The lowest BCUT2D eigenvalue weighted by Crippen LogP contribution is -2.11. The highest BCUT2D eigenvalue weighted by molar-refractivity contribution is 7.99. The van der Waals surface area contributed by atoms with E-state index in [0.717, 1.165) is 22.6 Å². The molecule has 0 saturated carbocycles. The van der Waals surface area contributed by atoms with Crippen molar-refractivity contribution in [3.05, 3.63) is 75.1 Å². The molecule has 2 aromatic carbocycles. The minimum atomic E-state index is -0.435. The summed E-state index contributed by atoms with van der Waals surface area (Å²) in [5.74, 6) is 3.75. The highest BCUT2D eigenvalue weighted by Crippen LogP contribution is 2.36. The van der Waals surface area contributed by atoms with Gasteiger partial charge in [-0.2, -0.15) is 0 Å². The molecule has 0 aliphatic rings. The number of nitrogens with zero attached hydrogens (tertiary/aromatic N) is 4. The molecule has 0 saturated heterocycles. The molecule has 0 radical (unpaired) electrons. The Morgan fingerprint density at radius 2 is 1.90 bits per heavy atom. The number of terminal acetylenes is 1. The van der Waals surface area contributed by atoms with Crippen molar-refractivity contribution < 1.29 is 9.66 Å². The quantitative estimate of drug-likeness (QED) is 0.233. The first-order valence-corrected chi connectivity index (χ1v) is 10.2. The largest absolute Gasteiger partial charge is 0.481 e. The van der Waals surface area contributed by atoms with E-state index in [1.54, 1.807) is 12.1 Å². The van der Waals surface area contributed by atoms with Gasteiger partial charge in [0.25, 0.3) is 0 Å². The van der Waals surface area contributed by atoms with E-state index in [1.165, 1.54) is 17.3 Å². The summed E-state index contributed by atoms with van der Waals surface area (Å²) in [5, 5.41) is 20.0. The summed E-state index contributed by atoms with van der Waals surface area (Å²) >= 11 is 1.32. The van der Waals surface area contributed by atoms with E-state index in [2.05, 4.69) is 29.1 Å². The van der Waals surface area contributed by atoms with E-state index >= 15 is 0 Å². The van der Waals surface area contributed by atoms with Gasteiger partial charge in [0.2, 0.25) is 6.54 Å². The Kier molecular flexibility index (Phi) is 6.75. The van der Waals surface area contributed by atoms with E-state index in [0.29, 0.717) is 10.9 Å². The lowest BCUT2D eigenvalue weighted by Gasteiger charge is -2.15. The number of hydrogen-bond donors (Lipinski definition) is 0. The van der Waals surface area contributed by atoms with Gasteiger partial charge >= 0.3 is 0 Å². The summed E-state index contributed by atoms with van der Waals surface area (Å²) < 4.78 is 7.31. The van der Waals surface area contributed by atoms with Crippen LogP contribution in [0.4, 0.5) is 0 Å². The number of rotatable bonds is 8. The molecule has 1 heterocycles. The Labute approximate surface area is 179 Å². The van der Waals surface area contributed by atoms with Crippen LogP contribution in [-0.4, -0.2) is 32.8 Å². The fourth-order valence-electron chi connectivity index (χ4n) is 2.96. The molecule has 0 amide bonds. The molecule has 3 rings (SSSR count). The maximum Gasteiger partial charge on any atom is 0.220 e. The lowest BCUT2D eigenvalue weighted by atomic mass is 10.1. The van der Waals surface area contributed by atoms with Gasteiger partial charge in [-0.15, -0.1) is 16.6 Å². The molecule has 3 aromatic rings. The van der Waals surface area contributed by atoms with Gasteiger partial charge in [-0.25, -0.2) is 0 Å². The van der Waals surface area contributed by atoms with Gasteiger partial charge in [0.1, 0.15) is 23.4 Å². The third-order valence-corrected chi connectivity index (χ3v) is 5.86. The van der Waals surface area contributed by atoms with E-state index in [-0.39, 0.29) is 18.1 Å². The third-order valence-electron chi connectivity index (χ3n) is 4.68. The molecule has 8 heteroatoms. The van der Waals surface area contributed by atoms with E-state index in [9.17, 15) is 10.1 Å². The molecular formula is C22H22N4O3S. The van der Waals surface area contributed by atoms with Crippen LogP contribution in [0.5, 0.6) is 5.75 Å². The molecule has 30 heavy (non-hydrogen) atoms. The van der Waals surface area contributed by atoms with Gasteiger partial charge in [-0.3, -0.25) is 14.7 Å². The zero-order chi connectivity index (χ0) is 21.7. The second-order valence-corrected chi connectivity index (χ2v) is 7.99. The maximum absolute atomic E-state index is 11.3. The van der Waals surface area contributed by atoms with Gasteiger partial charge in [-0.05, 0) is 61.7 Å². The molecule has 0 spiro atoms. The first-order valence-electron chi connectivity index (χ1n) is 9.33. The molecular weight excluding hydrogens is 400 g/mol. The van der Waals surface area contributed by atoms with Crippen molar-refractivity contribution >= 4 is 11.8 Å². The lowest BCUT2D eigenvalue weighted by molar-refractivity contribution is -0.479. The number of aromatic nitrogens is 3. The smallest absolute Gasteiger partial charge is 0.220 e. The van der Waals surface area contributed by atoms with E-state index in [4.69, 9.17) is 11.2 Å². The van der Waals surface area contributed by atoms with Crippen LogP contribution in [0, 0.1) is 43.2 Å². The van der Waals surface area contributed by atoms with Crippen LogP contribution in [0.1, 0.15) is 27.8 Å². The van der Waals surface area contributed by atoms with Crippen molar-refractivity contribution in [1.29, 1.82) is 0 Å². The van der Waals surface area contributed by atoms with Gasteiger partial charge in [0, 0.05) is 10.6 Å². The molecule has 154 valence electrons. The third kappa shape index (κ3) is 4.99. The van der Waals surface area contributed by atoms with Crippen LogP contribution >= 0.6 is 11.8 Å². The summed E-state index contributed by atoms with van der Waals surface area (Å²) in [5.41, 5.74) is 4.08. The standard InChI is InChI=1S/C22H22N4O3S/c1-5-12-29-20-10-7-18(8-11-20)21(14-25(27)28)30-22-24-23-17(4)26(22)19-9-6-15(2)16(3)13-19/h1,6-11,13,21H,12,14H2,2-4H3/t21-/m0/s1. The second-order valence-electron chi connectivity index (χ2n) is 6.82. The van der Waals surface area contributed by atoms with Crippen LogP contribution in [-0.2, 0) is 0 Å². The van der Waals surface area contributed by atoms with Gasteiger partial charge in [0.15, 0.2) is 5.16 Å². The number of aryl methyl sites for hydroxylation is 3. The summed E-state index contributed by atoms with van der Waals surface area (Å²) in [6.45, 7) is 5.90. The van der Waals surface area contributed by atoms with Crippen LogP contribution in [0.25, 0.3) is 5.69 Å². The summed E-state index contributed by atoms with van der Waals surface area (Å²) in [7, 11) is 0. The van der Waals surface area contributed by atoms with Crippen molar-refractivity contribution in [3.63, 3.8) is 0 Å². The number of thioether (sulfide) groups is 1. The van der Waals surface area contributed by atoms with Crippen molar-refractivity contribution in [2.24, 2.45) is 0 Å². The average molecular weight is 423 g/mol. The van der Waals surface area contributed by atoms with Crippen molar-refractivity contribution in [2.45, 2.75) is 31.2 Å². The van der Waals surface area contributed by atoms with E-state index in [1.807, 2.05) is 42.7 Å².